The molecule has 2 aliphatic carbocycles. The Balaban J connectivity index is 1.62. The third kappa shape index (κ3) is 4.44. The van der Waals surface area contributed by atoms with Crippen LogP contribution in [0.2, 0.25) is 0 Å². The van der Waals surface area contributed by atoms with E-state index in [1.807, 2.05) is 19.9 Å². The summed E-state index contributed by atoms with van der Waals surface area (Å²) in [6, 6.07) is 5.10. The minimum absolute atomic E-state index is 0.00526. The Bertz CT molecular complexity index is 951. The zero-order chi connectivity index (χ0) is 22.9. The van der Waals surface area contributed by atoms with Crippen molar-refractivity contribution in [3.8, 4) is 0 Å². The Morgan fingerprint density at radius 3 is 2.28 bits per heavy atom. The highest BCUT2D eigenvalue weighted by atomic mass is 32.2. The van der Waals surface area contributed by atoms with Crippen LogP contribution in [0.1, 0.15) is 58.8 Å². The van der Waals surface area contributed by atoms with Crippen molar-refractivity contribution in [2.75, 3.05) is 36.4 Å². The Morgan fingerprint density at radius 1 is 1.06 bits per heavy atom. The van der Waals surface area contributed by atoms with Crippen LogP contribution in [0.5, 0.6) is 0 Å². The molecule has 0 spiro atoms. The van der Waals surface area contributed by atoms with Crippen molar-refractivity contribution in [2.24, 2.45) is 17.8 Å². The van der Waals surface area contributed by atoms with Crippen LogP contribution in [0, 0.1) is 17.8 Å². The molecule has 1 aromatic carbocycles. The molecule has 176 valence electrons. The smallest absolute Gasteiger partial charge is 0.243 e. The van der Waals surface area contributed by atoms with Gasteiger partial charge in [-0.15, -0.1) is 0 Å². The molecule has 2 unspecified atom stereocenters. The van der Waals surface area contributed by atoms with Crippen molar-refractivity contribution >= 4 is 33.1 Å². The van der Waals surface area contributed by atoms with Crippen molar-refractivity contribution < 1.29 is 18.0 Å². The Hall–Kier alpha value is -1.93. The van der Waals surface area contributed by atoms with Crippen LogP contribution in [0.3, 0.4) is 0 Å². The van der Waals surface area contributed by atoms with E-state index in [1.54, 1.807) is 12.1 Å². The molecule has 1 aromatic rings. The molecular weight excluding hydrogens is 426 g/mol. The maximum Gasteiger partial charge on any atom is 0.243 e. The summed E-state index contributed by atoms with van der Waals surface area (Å²) < 4.78 is 27.6. The van der Waals surface area contributed by atoms with Gasteiger partial charge >= 0.3 is 0 Å². The number of nitrogens with one attached hydrogen (secondary N) is 1. The van der Waals surface area contributed by atoms with Crippen LogP contribution in [0.15, 0.2) is 23.1 Å². The quantitative estimate of drug-likeness (QED) is 0.670. The number of amides is 1. The number of fused-ring (bicyclic) bond motifs is 2. The molecule has 2 atom stereocenters. The lowest BCUT2D eigenvalue weighted by Crippen LogP contribution is -2.40. The normalized spacial score (nSPS) is 25.9. The lowest BCUT2D eigenvalue weighted by Gasteiger charge is -2.37. The maximum atomic E-state index is 13.3. The highest BCUT2D eigenvalue weighted by Crippen LogP contribution is 2.41. The van der Waals surface area contributed by atoms with Gasteiger partial charge in [-0.05, 0) is 56.7 Å². The third-order valence-electron chi connectivity index (χ3n) is 7.43. The van der Waals surface area contributed by atoms with Crippen LogP contribution < -0.4 is 10.2 Å². The van der Waals surface area contributed by atoms with Gasteiger partial charge in [0.2, 0.25) is 15.9 Å². The first-order valence-electron chi connectivity index (χ1n) is 12.1. The minimum Gasteiger partial charge on any atom is -0.370 e. The SMILES string of the molecule is CCN(CC)S(=O)(=O)c1ccc(N2CCCC2)c(NC(=O)C2CC3CCCC(C2)C3=O)c1. The average Bonchev–Trinajstić information content (AvgIpc) is 3.28. The molecule has 1 heterocycles. The fourth-order valence-electron chi connectivity index (χ4n) is 5.65. The number of anilines is 2. The topological polar surface area (TPSA) is 86.8 Å². The minimum atomic E-state index is -3.63. The number of hydrogen-bond acceptors (Lipinski definition) is 5. The van der Waals surface area contributed by atoms with Gasteiger partial charge in [-0.2, -0.15) is 4.31 Å². The molecule has 1 aliphatic heterocycles. The van der Waals surface area contributed by atoms with Crippen LogP contribution in [0.25, 0.3) is 0 Å². The van der Waals surface area contributed by atoms with E-state index in [1.165, 1.54) is 4.31 Å². The van der Waals surface area contributed by atoms with E-state index in [4.69, 9.17) is 0 Å². The van der Waals surface area contributed by atoms with E-state index in [0.29, 0.717) is 37.4 Å². The number of carbonyl (C=O) groups excluding carboxylic acids is 2. The van der Waals surface area contributed by atoms with Crippen molar-refractivity contribution in [1.82, 2.24) is 4.31 Å². The second-order valence-corrected chi connectivity index (χ2v) is 11.3. The fraction of sp³-hybridized carbons (Fsp3) is 0.667. The summed E-state index contributed by atoms with van der Waals surface area (Å²) in [6.07, 6.45) is 6.22. The average molecular weight is 462 g/mol. The summed E-state index contributed by atoms with van der Waals surface area (Å²) in [4.78, 5) is 28.1. The van der Waals surface area contributed by atoms with E-state index in [0.717, 1.165) is 50.9 Å². The molecule has 1 saturated heterocycles. The number of nitrogens with zero attached hydrogens (tertiary/aromatic N) is 2. The highest BCUT2D eigenvalue weighted by Gasteiger charge is 2.41. The summed E-state index contributed by atoms with van der Waals surface area (Å²) >= 11 is 0. The van der Waals surface area contributed by atoms with Gasteiger partial charge in [-0.1, -0.05) is 20.3 Å². The molecule has 0 aromatic heterocycles. The predicted molar refractivity (Wildman–Crippen MR) is 125 cm³/mol. The summed E-state index contributed by atoms with van der Waals surface area (Å²) in [5.41, 5.74) is 1.44. The summed E-state index contributed by atoms with van der Waals surface area (Å²) in [6.45, 7) is 6.23. The molecule has 32 heavy (non-hydrogen) atoms. The summed E-state index contributed by atoms with van der Waals surface area (Å²) in [5.74, 6) is 0.0615. The van der Waals surface area contributed by atoms with Gasteiger partial charge in [0.15, 0.2) is 0 Å². The van der Waals surface area contributed by atoms with Gasteiger partial charge in [0, 0.05) is 43.9 Å². The van der Waals surface area contributed by atoms with Crippen molar-refractivity contribution in [2.45, 2.75) is 63.7 Å². The zero-order valence-electron chi connectivity index (χ0n) is 19.2. The van der Waals surface area contributed by atoms with Gasteiger partial charge in [0.05, 0.1) is 16.3 Å². The Morgan fingerprint density at radius 2 is 1.69 bits per heavy atom. The number of rotatable bonds is 7. The number of benzene rings is 1. The molecular formula is C24H35N3O4S. The molecule has 3 aliphatic rings. The number of Topliss-reactive ketones (excluding diaryl/α,β-unsaturated/α-hetero) is 1. The first-order valence-corrected chi connectivity index (χ1v) is 13.5. The molecule has 4 rings (SSSR count). The molecule has 8 heteroatoms. The fourth-order valence-corrected chi connectivity index (χ4v) is 7.14. The molecule has 1 N–H and O–H groups in total. The van der Waals surface area contributed by atoms with Gasteiger partial charge in [0.25, 0.3) is 0 Å². The van der Waals surface area contributed by atoms with Crippen LogP contribution in [0.4, 0.5) is 11.4 Å². The number of carbonyl (C=O) groups is 2. The summed E-state index contributed by atoms with van der Waals surface area (Å²) in [5, 5.41) is 3.07. The molecule has 2 saturated carbocycles. The Kier molecular flexibility index (Phi) is 6.91. The van der Waals surface area contributed by atoms with Crippen LogP contribution >= 0.6 is 0 Å². The summed E-state index contributed by atoms with van der Waals surface area (Å²) in [7, 11) is -3.63. The number of hydrogen-bond donors (Lipinski definition) is 1. The van der Waals surface area contributed by atoms with Crippen LogP contribution in [-0.4, -0.2) is 50.6 Å². The molecule has 3 fully saturated rings. The first-order chi connectivity index (χ1) is 15.3. The van der Waals surface area contributed by atoms with E-state index < -0.39 is 10.0 Å². The lowest BCUT2D eigenvalue weighted by molar-refractivity contribution is -0.136. The van der Waals surface area contributed by atoms with Crippen LogP contribution in [-0.2, 0) is 19.6 Å². The van der Waals surface area contributed by atoms with Gasteiger partial charge in [0.1, 0.15) is 5.78 Å². The van der Waals surface area contributed by atoms with Gasteiger partial charge in [-0.25, -0.2) is 8.42 Å². The second kappa shape index (κ2) is 9.51. The van der Waals surface area contributed by atoms with Crippen molar-refractivity contribution in [1.29, 1.82) is 0 Å². The highest BCUT2D eigenvalue weighted by molar-refractivity contribution is 7.89. The van der Waals surface area contributed by atoms with E-state index >= 15 is 0 Å². The van der Waals surface area contributed by atoms with Crippen molar-refractivity contribution in [3.63, 3.8) is 0 Å². The zero-order valence-corrected chi connectivity index (χ0v) is 20.0. The Labute approximate surface area is 191 Å². The third-order valence-corrected chi connectivity index (χ3v) is 9.48. The number of sulfonamides is 1. The van der Waals surface area contributed by atoms with E-state index in [2.05, 4.69) is 10.2 Å². The van der Waals surface area contributed by atoms with Crippen molar-refractivity contribution in [3.05, 3.63) is 18.2 Å². The lowest BCUT2D eigenvalue weighted by atomic mass is 9.67. The van der Waals surface area contributed by atoms with Gasteiger partial charge in [-0.3, -0.25) is 9.59 Å². The first kappa shape index (κ1) is 23.2. The standard InChI is InChI=1S/C24H35N3O4S/c1-3-27(4-2)32(30,31)20-10-11-22(26-12-5-6-13-26)21(16-20)25-24(29)19-14-17-8-7-9-18(15-19)23(17)28/h10-11,16-19H,3-9,12-15H2,1-2H3,(H,25,29). The molecule has 2 bridgehead atoms. The molecule has 0 radical (unpaired) electrons. The monoisotopic (exact) mass is 461 g/mol. The molecule has 1 amide bonds. The van der Waals surface area contributed by atoms with E-state index in [-0.39, 0.29) is 28.6 Å². The number of ketones is 1. The molecule has 7 nitrogen and oxygen atoms in total. The predicted octanol–water partition coefficient (Wildman–Crippen LogP) is 3.65. The maximum absolute atomic E-state index is 13.3. The largest absolute Gasteiger partial charge is 0.370 e. The van der Waals surface area contributed by atoms with E-state index in [9.17, 15) is 18.0 Å². The van der Waals surface area contributed by atoms with Gasteiger partial charge < -0.3 is 10.2 Å². The second-order valence-electron chi connectivity index (χ2n) is 9.35.